The second-order valence-corrected chi connectivity index (χ2v) is 5.08. The second-order valence-electron chi connectivity index (χ2n) is 5.08. The van der Waals surface area contributed by atoms with Gasteiger partial charge in [0, 0.05) is 23.9 Å². The van der Waals surface area contributed by atoms with Crippen LogP contribution >= 0.6 is 0 Å². The van der Waals surface area contributed by atoms with Crippen LogP contribution in [0.5, 0.6) is 0 Å². The molecule has 0 fully saturated rings. The molecule has 0 saturated heterocycles. The van der Waals surface area contributed by atoms with E-state index in [0.29, 0.717) is 13.0 Å². The number of rotatable bonds is 4. The Morgan fingerprint density at radius 2 is 1.96 bits per heavy atom. The van der Waals surface area contributed by atoms with Gasteiger partial charge in [-0.1, -0.05) is 36.1 Å². The van der Waals surface area contributed by atoms with Crippen LogP contribution < -0.4 is 5.32 Å². The molecule has 3 aromatic rings. The van der Waals surface area contributed by atoms with Crippen LogP contribution in [0, 0.1) is 11.8 Å². The Bertz CT molecular complexity index is 860. The van der Waals surface area contributed by atoms with Gasteiger partial charge >= 0.3 is 0 Å². The van der Waals surface area contributed by atoms with Crippen molar-refractivity contribution in [2.45, 2.75) is 13.0 Å². The lowest BCUT2D eigenvalue weighted by Crippen LogP contribution is -2.03. The molecule has 0 radical (unpaired) electrons. The summed E-state index contributed by atoms with van der Waals surface area (Å²) in [5, 5.41) is 13.4. The molecule has 2 aromatic carbocycles. The minimum absolute atomic E-state index is 0.0395. The molecule has 0 spiro atoms. The van der Waals surface area contributed by atoms with Gasteiger partial charge < -0.3 is 10.4 Å². The highest BCUT2D eigenvalue weighted by atomic mass is 16.3. The highest BCUT2D eigenvalue weighted by Crippen LogP contribution is 2.17. The molecule has 0 aliphatic rings. The SMILES string of the molecule is OCc1cccc(C#CCCNc2ncnc3ccccc23)c1. The van der Waals surface area contributed by atoms with E-state index in [0.717, 1.165) is 27.8 Å². The van der Waals surface area contributed by atoms with Gasteiger partial charge in [-0.05, 0) is 29.8 Å². The van der Waals surface area contributed by atoms with Gasteiger partial charge in [0.15, 0.2) is 0 Å². The van der Waals surface area contributed by atoms with E-state index in [9.17, 15) is 0 Å². The first-order chi connectivity index (χ1) is 11.4. The number of nitrogens with one attached hydrogen (secondary N) is 1. The van der Waals surface area contributed by atoms with Crippen LogP contribution in [0.15, 0.2) is 54.9 Å². The molecule has 0 amide bonds. The molecular weight excluding hydrogens is 286 g/mol. The monoisotopic (exact) mass is 303 g/mol. The van der Waals surface area contributed by atoms with Crippen molar-refractivity contribution in [3.63, 3.8) is 0 Å². The van der Waals surface area contributed by atoms with Gasteiger partial charge in [0.25, 0.3) is 0 Å². The van der Waals surface area contributed by atoms with Crippen LogP contribution in [-0.2, 0) is 6.61 Å². The van der Waals surface area contributed by atoms with Crippen molar-refractivity contribution in [3.8, 4) is 11.8 Å². The fourth-order valence-electron chi connectivity index (χ4n) is 2.30. The Morgan fingerprint density at radius 3 is 2.87 bits per heavy atom. The second kappa shape index (κ2) is 7.39. The minimum atomic E-state index is 0.0395. The maximum absolute atomic E-state index is 9.11. The highest BCUT2D eigenvalue weighted by molar-refractivity contribution is 5.88. The van der Waals surface area contributed by atoms with E-state index in [2.05, 4.69) is 27.1 Å². The van der Waals surface area contributed by atoms with Gasteiger partial charge in [0.2, 0.25) is 0 Å². The lowest BCUT2D eigenvalue weighted by atomic mass is 10.1. The van der Waals surface area contributed by atoms with Gasteiger partial charge in [-0.2, -0.15) is 0 Å². The standard InChI is InChI=1S/C19H17N3O/c23-13-16-8-5-7-15(12-16)6-3-4-11-20-19-17-9-1-2-10-18(17)21-14-22-19/h1-2,5,7-10,12,14,23H,4,11,13H2,(H,20,21,22). The summed E-state index contributed by atoms with van der Waals surface area (Å²) >= 11 is 0. The topological polar surface area (TPSA) is 58.0 Å². The fraction of sp³-hybridized carbons (Fsp3) is 0.158. The molecule has 0 atom stereocenters. The van der Waals surface area contributed by atoms with Crippen molar-refractivity contribution in [2.75, 3.05) is 11.9 Å². The predicted molar refractivity (Wildman–Crippen MR) is 91.9 cm³/mol. The number of aliphatic hydroxyl groups is 1. The molecule has 1 heterocycles. The van der Waals surface area contributed by atoms with Gasteiger partial charge in [0.1, 0.15) is 12.1 Å². The van der Waals surface area contributed by atoms with Gasteiger partial charge in [-0.3, -0.25) is 0 Å². The number of anilines is 1. The quantitative estimate of drug-likeness (QED) is 0.575. The van der Waals surface area contributed by atoms with E-state index in [-0.39, 0.29) is 6.61 Å². The van der Waals surface area contributed by atoms with Crippen LogP contribution in [0.4, 0.5) is 5.82 Å². The first kappa shape index (κ1) is 15.0. The van der Waals surface area contributed by atoms with E-state index in [1.165, 1.54) is 0 Å². The van der Waals surface area contributed by atoms with Crippen molar-refractivity contribution >= 4 is 16.7 Å². The zero-order valence-corrected chi connectivity index (χ0v) is 12.7. The van der Waals surface area contributed by atoms with E-state index >= 15 is 0 Å². The summed E-state index contributed by atoms with van der Waals surface area (Å²) in [5.74, 6) is 7.08. The Morgan fingerprint density at radius 1 is 1.04 bits per heavy atom. The van der Waals surface area contributed by atoms with E-state index in [1.807, 2.05) is 48.5 Å². The van der Waals surface area contributed by atoms with Crippen LogP contribution in [0.2, 0.25) is 0 Å². The largest absolute Gasteiger partial charge is 0.392 e. The predicted octanol–water partition coefficient (Wildman–Crippen LogP) is 2.98. The molecule has 1 aromatic heterocycles. The minimum Gasteiger partial charge on any atom is -0.392 e. The molecule has 0 unspecified atom stereocenters. The Hall–Kier alpha value is -2.90. The molecule has 4 nitrogen and oxygen atoms in total. The maximum atomic E-state index is 9.11. The third kappa shape index (κ3) is 3.85. The first-order valence-electron chi connectivity index (χ1n) is 7.49. The summed E-state index contributed by atoms with van der Waals surface area (Å²) in [6.45, 7) is 0.756. The number of nitrogens with zero attached hydrogens (tertiary/aromatic N) is 2. The van der Waals surface area contributed by atoms with Crippen LogP contribution in [-0.4, -0.2) is 21.6 Å². The van der Waals surface area contributed by atoms with Gasteiger partial charge in [-0.15, -0.1) is 0 Å². The van der Waals surface area contributed by atoms with Crippen molar-refractivity contribution in [2.24, 2.45) is 0 Å². The van der Waals surface area contributed by atoms with Crippen LogP contribution in [0.3, 0.4) is 0 Å². The molecule has 23 heavy (non-hydrogen) atoms. The van der Waals surface area contributed by atoms with Crippen LogP contribution in [0.25, 0.3) is 10.9 Å². The average Bonchev–Trinajstić information content (AvgIpc) is 2.62. The lowest BCUT2D eigenvalue weighted by molar-refractivity contribution is 0.282. The first-order valence-corrected chi connectivity index (χ1v) is 7.49. The molecule has 0 aliphatic carbocycles. The van der Waals surface area contributed by atoms with Crippen LogP contribution in [0.1, 0.15) is 17.5 Å². The molecule has 2 N–H and O–H groups in total. The smallest absolute Gasteiger partial charge is 0.137 e. The van der Waals surface area contributed by atoms with Gasteiger partial charge in [-0.25, -0.2) is 9.97 Å². The third-order valence-corrected chi connectivity index (χ3v) is 3.43. The highest BCUT2D eigenvalue weighted by Gasteiger charge is 2.00. The van der Waals surface area contributed by atoms with E-state index in [4.69, 9.17) is 5.11 Å². The molecule has 0 saturated carbocycles. The summed E-state index contributed by atoms with van der Waals surface area (Å²) in [6.07, 6.45) is 2.28. The fourth-order valence-corrected chi connectivity index (χ4v) is 2.30. The van der Waals surface area contributed by atoms with Crippen molar-refractivity contribution in [1.82, 2.24) is 9.97 Å². The van der Waals surface area contributed by atoms with E-state index < -0.39 is 0 Å². The molecule has 0 bridgehead atoms. The summed E-state index contributed by atoms with van der Waals surface area (Å²) in [7, 11) is 0. The van der Waals surface area contributed by atoms with Crippen molar-refractivity contribution in [1.29, 1.82) is 0 Å². The number of fused-ring (bicyclic) bond motifs is 1. The maximum Gasteiger partial charge on any atom is 0.137 e. The summed E-state index contributed by atoms with van der Waals surface area (Å²) in [6, 6.07) is 15.5. The number of hydrogen-bond donors (Lipinski definition) is 2. The number of benzene rings is 2. The lowest BCUT2D eigenvalue weighted by Gasteiger charge is -2.05. The molecule has 4 heteroatoms. The third-order valence-electron chi connectivity index (χ3n) is 3.43. The average molecular weight is 303 g/mol. The zero-order chi connectivity index (χ0) is 15.9. The zero-order valence-electron chi connectivity index (χ0n) is 12.7. The Balaban J connectivity index is 1.60. The summed E-state index contributed by atoms with van der Waals surface area (Å²) in [4.78, 5) is 8.53. The number of aromatic nitrogens is 2. The molecule has 3 rings (SSSR count). The summed E-state index contributed by atoms with van der Waals surface area (Å²) < 4.78 is 0. The van der Waals surface area contributed by atoms with Crippen molar-refractivity contribution < 1.29 is 5.11 Å². The Labute approximate surface area is 135 Å². The van der Waals surface area contributed by atoms with E-state index in [1.54, 1.807) is 6.33 Å². The molecule has 114 valence electrons. The normalized spacial score (nSPS) is 10.1. The van der Waals surface area contributed by atoms with Gasteiger partial charge in [0.05, 0.1) is 12.1 Å². The van der Waals surface area contributed by atoms with Crippen molar-refractivity contribution in [3.05, 3.63) is 66.0 Å². The number of para-hydroxylation sites is 1. The number of aliphatic hydroxyl groups excluding tert-OH is 1. The molecule has 0 aliphatic heterocycles. The number of hydrogen-bond acceptors (Lipinski definition) is 4. The molecular formula is C19H17N3O. The Kier molecular flexibility index (Phi) is 4.82. The summed E-state index contributed by atoms with van der Waals surface area (Å²) in [5.41, 5.74) is 2.73.